The number of amides is 2. The highest BCUT2D eigenvalue weighted by atomic mass is 16.2. The van der Waals surface area contributed by atoms with E-state index in [0.29, 0.717) is 13.1 Å². The Kier molecular flexibility index (Phi) is 5.86. The van der Waals surface area contributed by atoms with E-state index in [9.17, 15) is 9.59 Å². The number of aromatic nitrogens is 1. The fraction of sp³-hybridized carbons (Fsp3) is 0.278. The van der Waals surface area contributed by atoms with Gasteiger partial charge < -0.3 is 10.6 Å². The number of nitrogens with zero attached hydrogens (tertiary/aromatic N) is 1. The van der Waals surface area contributed by atoms with Crippen molar-refractivity contribution in [3.8, 4) is 0 Å². The predicted octanol–water partition coefficient (Wildman–Crippen LogP) is 2.46. The van der Waals surface area contributed by atoms with Gasteiger partial charge in [0.2, 0.25) is 0 Å². The summed E-state index contributed by atoms with van der Waals surface area (Å²) in [5, 5.41) is 5.58. The van der Waals surface area contributed by atoms with Crippen molar-refractivity contribution in [3.05, 3.63) is 65.0 Å². The Morgan fingerprint density at radius 1 is 0.957 bits per heavy atom. The number of nitrogens with one attached hydrogen (secondary N) is 2. The number of carbonyl (C=O) groups is 2. The number of aryl methyl sites for hydroxylation is 1. The number of pyridine rings is 1. The van der Waals surface area contributed by atoms with Gasteiger partial charge in [-0.3, -0.25) is 9.59 Å². The van der Waals surface area contributed by atoms with E-state index in [0.717, 1.165) is 17.5 Å². The molecular weight excluding hydrogens is 290 g/mol. The number of benzene rings is 1. The lowest BCUT2D eigenvalue weighted by atomic mass is 10.1. The second-order valence-electron chi connectivity index (χ2n) is 5.27. The molecule has 0 aliphatic carbocycles. The highest BCUT2D eigenvalue weighted by molar-refractivity contribution is 5.96. The highest BCUT2D eigenvalue weighted by Crippen LogP contribution is 2.07. The average Bonchev–Trinajstić information content (AvgIpc) is 2.58. The molecule has 0 fully saturated rings. The lowest BCUT2D eigenvalue weighted by molar-refractivity contribution is 0.0942. The largest absolute Gasteiger partial charge is 0.351 e. The fourth-order valence-electron chi connectivity index (χ4n) is 2.09. The molecule has 5 nitrogen and oxygen atoms in total. The maximum absolute atomic E-state index is 12.2. The zero-order valence-electron chi connectivity index (χ0n) is 13.4. The third kappa shape index (κ3) is 4.64. The molecule has 0 bridgehead atoms. The van der Waals surface area contributed by atoms with E-state index in [1.54, 1.807) is 18.2 Å². The molecule has 2 rings (SSSR count). The van der Waals surface area contributed by atoms with Gasteiger partial charge in [-0.1, -0.05) is 37.3 Å². The first-order valence-corrected chi connectivity index (χ1v) is 7.69. The molecule has 0 saturated carbocycles. The third-order valence-electron chi connectivity index (χ3n) is 3.45. The van der Waals surface area contributed by atoms with E-state index in [1.807, 2.05) is 38.1 Å². The summed E-state index contributed by atoms with van der Waals surface area (Å²) in [6.07, 6.45) is 0.850. The summed E-state index contributed by atoms with van der Waals surface area (Å²) in [6.45, 7) is 4.99. The summed E-state index contributed by atoms with van der Waals surface area (Å²) in [4.78, 5) is 28.2. The Morgan fingerprint density at radius 3 is 2.26 bits per heavy atom. The van der Waals surface area contributed by atoms with E-state index < -0.39 is 0 Å². The molecule has 1 aromatic carbocycles. The summed E-state index contributed by atoms with van der Waals surface area (Å²) in [7, 11) is 0. The van der Waals surface area contributed by atoms with Crippen molar-refractivity contribution in [3.63, 3.8) is 0 Å². The fourth-order valence-corrected chi connectivity index (χ4v) is 2.09. The Balaban J connectivity index is 2.02. The molecule has 2 N–H and O–H groups in total. The van der Waals surface area contributed by atoms with Gasteiger partial charge in [0.25, 0.3) is 11.8 Å². The van der Waals surface area contributed by atoms with E-state index in [4.69, 9.17) is 0 Å². The SMILES string of the molecule is CCCNC(=O)c1cccc(C(=O)NCc2ccccc2C)n1. The topological polar surface area (TPSA) is 71.1 Å². The zero-order valence-corrected chi connectivity index (χ0v) is 13.4. The summed E-state index contributed by atoms with van der Waals surface area (Å²) >= 11 is 0. The minimum absolute atomic E-state index is 0.239. The Bertz CT molecular complexity index is 698. The van der Waals surface area contributed by atoms with Gasteiger partial charge in [0.05, 0.1) is 0 Å². The van der Waals surface area contributed by atoms with Crippen LogP contribution in [-0.2, 0) is 6.54 Å². The smallest absolute Gasteiger partial charge is 0.270 e. The number of rotatable bonds is 6. The van der Waals surface area contributed by atoms with Crippen molar-refractivity contribution >= 4 is 11.8 Å². The van der Waals surface area contributed by atoms with Crippen LogP contribution in [0.3, 0.4) is 0 Å². The molecule has 0 radical (unpaired) electrons. The molecule has 2 amide bonds. The average molecular weight is 311 g/mol. The first kappa shape index (κ1) is 16.7. The van der Waals surface area contributed by atoms with Crippen molar-refractivity contribution in [1.82, 2.24) is 15.6 Å². The van der Waals surface area contributed by atoms with E-state index in [-0.39, 0.29) is 23.2 Å². The van der Waals surface area contributed by atoms with Gasteiger partial charge in [-0.15, -0.1) is 0 Å². The van der Waals surface area contributed by atoms with Crippen LogP contribution in [0.4, 0.5) is 0 Å². The molecule has 5 heteroatoms. The number of hydrogen-bond donors (Lipinski definition) is 2. The second kappa shape index (κ2) is 8.08. The van der Waals surface area contributed by atoms with Crippen molar-refractivity contribution in [2.24, 2.45) is 0 Å². The lowest BCUT2D eigenvalue weighted by Gasteiger charge is -2.08. The van der Waals surface area contributed by atoms with Crippen molar-refractivity contribution in [2.75, 3.05) is 6.54 Å². The first-order valence-electron chi connectivity index (χ1n) is 7.69. The van der Waals surface area contributed by atoms with E-state index in [1.165, 1.54) is 0 Å². The maximum Gasteiger partial charge on any atom is 0.270 e. The summed E-state index contributed by atoms with van der Waals surface area (Å²) in [6, 6.07) is 12.7. The van der Waals surface area contributed by atoms with Crippen LogP contribution in [0.25, 0.3) is 0 Å². The summed E-state index contributed by atoms with van der Waals surface area (Å²) < 4.78 is 0. The van der Waals surface area contributed by atoms with Gasteiger partial charge in [0.1, 0.15) is 11.4 Å². The molecule has 0 atom stereocenters. The monoisotopic (exact) mass is 311 g/mol. The van der Waals surface area contributed by atoms with Crippen LogP contribution in [-0.4, -0.2) is 23.3 Å². The molecule has 2 aromatic rings. The Morgan fingerprint density at radius 2 is 1.61 bits per heavy atom. The van der Waals surface area contributed by atoms with Gasteiger partial charge in [0.15, 0.2) is 0 Å². The molecule has 0 saturated heterocycles. The normalized spacial score (nSPS) is 10.2. The van der Waals surface area contributed by atoms with Gasteiger partial charge in [-0.05, 0) is 36.6 Å². The molecule has 23 heavy (non-hydrogen) atoms. The van der Waals surface area contributed by atoms with Crippen molar-refractivity contribution in [1.29, 1.82) is 0 Å². The molecule has 120 valence electrons. The number of carbonyl (C=O) groups excluding carboxylic acids is 2. The zero-order chi connectivity index (χ0) is 16.7. The summed E-state index contributed by atoms with van der Waals surface area (Å²) in [5.41, 5.74) is 2.66. The van der Waals surface area contributed by atoms with Crippen molar-refractivity contribution in [2.45, 2.75) is 26.8 Å². The first-order chi connectivity index (χ1) is 11.1. The summed E-state index contributed by atoms with van der Waals surface area (Å²) in [5.74, 6) is -0.557. The Labute approximate surface area is 136 Å². The van der Waals surface area contributed by atoms with Gasteiger partial charge in [-0.25, -0.2) is 4.98 Å². The molecule has 1 heterocycles. The maximum atomic E-state index is 12.2. The lowest BCUT2D eigenvalue weighted by Crippen LogP contribution is -2.28. The van der Waals surface area contributed by atoms with Crippen LogP contribution in [0.15, 0.2) is 42.5 Å². The van der Waals surface area contributed by atoms with Crippen LogP contribution in [0, 0.1) is 6.92 Å². The molecule has 0 unspecified atom stereocenters. The minimum atomic E-state index is -0.293. The second-order valence-corrected chi connectivity index (χ2v) is 5.27. The van der Waals surface area contributed by atoms with Crippen molar-refractivity contribution < 1.29 is 9.59 Å². The third-order valence-corrected chi connectivity index (χ3v) is 3.45. The molecule has 0 aliphatic heterocycles. The van der Waals surface area contributed by atoms with Crippen LogP contribution in [0.2, 0.25) is 0 Å². The van der Waals surface area contributed by atoms with Gasteiger partial charge in [-0.2, -0.15) is 0 Å². The van der Waals surface area contributed by atoms with Crippen LogP contribution >= 0.6 is 0 Å². The van der Waals surface area contributed by atoms with E-state index >= 15 is 0 Å². The number of hydrogen-bond acceptors (Lipinski definition) is 3. The standard InChI is InChI=1S/C18H21N3O2/c1-3-11-19-17(22)15-9-6-10-16(21-15)18(23)20-12-14-8-5-4-7-13(14)2/h4-10H,3,11-12H2,1-2H3,(H,19,22)(H,20,23). The Hall–Kier alpha value is -2.69. The molecular formula is C18H21N3O2. The van der Waals surface area contributed by atoms with Gasteiger partial charge in [0, 0.05) is 13.1 Å². The predicted molar refractivity (Wildman–Crippen MR) is 89.2 cm³/mol. The minimum Gasteiger partial charge on any atom is -0.351 e. The van der Waals surface area contributed by atoms with Crippen LogP contribution in [0.1, 0.15) is 45.4 Å². The molecule has 0 aliphatic rings. The van der Waals surface area contributed by atoms with E-state index in [2.05, 4.69) is 15.6 Å². The highest BCUT2D eigenvalue weighted by Gasteiger charge is 2.12. The molecule has 1 aromatic heterocycles. The van der Waals surface area contributed by atoms with Crippen LogP contribution in [0.5, 0.6) is 0 Å². The van der Waals surface area contributed by atoms with Crippen LogP contribution < -0.4 is 10.6 Å². The quantitative estimate of drug-likeness (QED) is 0.861. The molecule has 0 spiro atoms. The van der Waals surface area contributed by atoms with Gasteiger partial charge >= 0.3 is 0 Å².